The van der Waals surface area contributed by atoms with Crippen molar-refractivity contribution in [3.8, 4) is 0 Å². The standard InChI is InChI=1S/C24H32N6O3S/c1-5-24(2,3)27-22-16-29(12-13-30(22)21-8-6-7-11-25-21)23(31)20-15-17-14-18(28-34(4,32)33)9-10-19(17)26-20/h6-11,14-15,22,26-28H,5,12-13,16H2,1-4H3. The second-order valence-corrected chi connectivity index (χ2v) is 11.1. The van der Waals surface area contributed by atoms with Gasteiger partial charge in [0.2, 0.25) is 10.0 Å². The number of pyridine rings is 1. The van der Waals surface area contributed by atoms with Gasteiger partial charge in [0, 0.05) is 41.4 Å². The summed E-state index contributed by atoms with van der Waals surface area (Å²) in [6.07, 6.45) is 3.75. The molecule has 1 atom stereocenters. The van der Waals surface area contributed by atoms with Gasteiger partial charge in [-0.15, -0.1) is 0 Å². The molecule has 1 amide bonds. The number of aromatic amines is 1. The Morgan fingerprint density at radius 3 is 2.68 bits per heavy atom. The Bertz CT molecular complexity index is 1270. The Morgan fingerprint density at radius 2 is 2.00 bits per heavy atom. The quantitative estimate of drug-likeness (QED) is 0.476. The van der Waals surface area contributed by atoms with Gasteiger partial charge in [0.25, 0.3) is 5.91 Å². The first-order chi connectivity index (χ1) is 16.0. The molecule has 182 valence electrons. The molecule has 1 aromatic carbocycles. The van der Waals surface area contributed by atoms with Crippen molar-refractivity contribution in [2.24, 2.45) is 0 Å². The van der Waals surface area contributed by atoms with E-state index in [9.17, 15) is 13.2 Å². The highest BCUT2D eigenvalue weighted by atomic mass is 32.2. The Labute approximate surface area is 200 Å². The number of fused-ring (bicyclic) bond motifs is 1. The number of nitrogens with one attached hydrogen (secondary N) is 3. The summed E-state index contributed by atoms with van der Waals surface area (Å²) in [7, 11) is -3.38. The number of benzene rings is 1. The third-order valence-electron chi connectivity index (χ3n) is 6.21. The average molecular weight is 485 g/mol. The van der Waals surface area contributed by atoms with Crippen LogP contribution in [0.25, 0.3) is 10.9 Å². The largest absolute Gasteiger partial charge is 0.351 e. The molecule has 2 aromatic heterocycles. The number of H-pyrrole nitrogens is 1. The summed E-state index contributed by atoms with van der Waals surface area (Å²) in [4.78, 5) is 25.2. The van der Waals surface area contributed by atoms with Crippen LogP contribution in [0.5, 0.6) is 0 Å². The molecule has 3 heterocycles. The topological polar surface area (TPSA) is 110 Å². The molecule has 1 aliphatic rings. The lowest BCUT2D eigenvalue weighted by Gasteiger charge is -2.45. The van der Waals surface area contributed by atoms with Gasteiger partial charge in [0.05, 0.1) is 19.0 Å². The van der Waals surface area contributed by atoms with E-state index >= 15 is 0 Å². The third kappa shape index (κ3) is 5.51. The first-order valence-corrected chi connectivity index (χ1v) is 13.3. The van der Waals surface area contributed by atoms with Crippen LogP contribution in [0, 0.1) is 0 Å². The van der Waals surface area contributed by atoms with Gasteiger partial charge in [0.1, 0.15) is 11.5 Å². The van der Waals surface area contributed by atoms with Crippen LogP contribution in [0.2, 0.25) is 0 Å². The summed E-state index contributed by atoms with van der Waals surface area (Å²) in [5, 5.41) is 4.47. The molecular formula is C24H32N6O3S. The van der Waals surface area contributed by atoms with Crippen molar-refractivity contribution in [1.29, 1.82) is 0 Å². The Kier molecular flexibility index (Phi) is 6.55. The van der Waals surface area contributed by atoms with Crippen molar-refractivity contribution in [3.05, 3.63) is 54.4 Å². The summed E-state index contributed by atoms with van der Waals surface area (Å²) in [5.74, 6) is 0.797. The van der Waals surface area contributed by atoms with Gasteiger partial charge in [-0.2, -0.15) is 0 Å². The summed E-state index contributed by atoms with van der Waals surface area (Å²) in [6, 6.07) is 12.8. The minimum Gasteiger partial charge on any atom is -0.351 e. The Balaban J connectivity index is 1.56. The molecule has 0 aliphatic carbocycles. The fraction of sp³-hybridized carbons (Fsp3) is 0.417. The zero-order chi connectivity index (χ0) is 24.5. The van der Waals surface area contributed by atoms with Gasteiger partial charge in [-0.05, 0) is 56.7 Å². The van der Waals surface area contributed by atoms with Crippen LogP contribution in [-0.4, -0.2) is 66.8 Å². The van der Waals surface area contributed by atoms with E-state index in [1.54, 1.807) is 30.5 Å². The van der Waals surface area contributed by atoms with Gasteiger partial charge in [0.15, 0.2) is 0 Å². The number of carbonyl (C=O) groups is 1. The maximum atomic E-state index is 13.4. The molecule has 0 bridgehead atoms. The second-order valence-electron chi connectivity index (χ2n) is 9.39. The minimum atomic E-state index is -3.38. The van der Waals surface area contributed by atoms with Crippen LogP contribution in [0.1, 0.15) is 37.7 Å². The number of piperazine rings is 1. The lowest BCUT2D eigenvalue weighted by molar-refractivity contribution is 0.0692. The molecular weight excluding hydrogens is 452 g/mol. The van der Waals surface area contributed by atoms with Gasteiger partial charge < -0.3 is 14.8 Å². The molecule has 3 N–H and O–H groups in total. The number of sulfonamides is 1. The van der Waals surface area contributed by atoms with Crippen LogP contribution in [0.3, 0.4) is 0 Å². The van der Waals surface area contributed by atoms with Crippen molar-refractivity contribution in [3.63, 3.8) is 0 Å². The zero-order valence-corrected chi connectivity index (χ0v) is 20.8. The van der Waals surface area contributed by atoms with E-state index in [1.807, 2.05) is 23.1 Å². The molecule has 34 heavy (non-hydrogen) atoms. The molecule has 4 rings (SSSR count). The third-order valence-corrected chi connectivity index (χ3v) is 6.81. The molecule has 0 saturated carbocycles. The number of nitrogens with zero attached hydrogens (tertiary/aromatic N) is 3. The number of aromatic nitrogens is 2. The molecule has 0 radical (unpaired) electrons. The lowest BCUT2D eigenvalue weighted by Crippen LogP contribution is -2.64. The van der Waals surface area contributed by atoms with E-state index < -0.39 is 10.0 Å². The predicted molar refractivity (Wildman–Crippen MR) is 136 cm³/mol. The molecule has 1 saturated heterocycles. The maximum Gasteiger partial charge on any atom is 0.270 e. The maximum absolute atomic E-state index is 13.4. The van der Waals surface area contributed by atoms with E-state index in [2.05, 4.69) is 45.7 Å². The predicted octanol–water partition coefficient (Wildman–Crippen LogP) is 3.00. The van der Waals surface area contributed by atoms with Crippen molar-refractivity contribution < 1.29 is 13.2 Å². The normalized spacial score (nSPS) is 17.2. The van der Waals surface area contributed by atoms with Crippen molar-refractivity contribution in [2.75, 3.05) is 35.5 Å². The highest BCUT2D eigenvalue weighted by Gasteiger charge is 2.34. The van der Waals surface area contributed by atoms with E-state index in [4.69, 9.17) is 0 Å². The molecule has 1 unspecified atom stereocenters. The van der Waals surface area contributed by atoms with Gasteiger partial charge in [-0.25, -0.2) is 13.4 Å². The molecule has 0 spiro atoms. The van der Waals surface area contributed by atoms with E-state index in [1.165, 1.54) is 0 Å². The van der Waals surface area contributed by atoms with Gasteiger partial charge >= 0.3 is 0 Å². The first kappa shape index (κ1) is 24.0. The molecule has 1 fully saturated rings. The summed E-state index contributed by atoms with van der Waals surface area (Å²) in [6.45, 7) is 8.18. The smallest absolute Gasteiger partial charge is 0.270 e. The van der Waals surface area contributed by atoms with Crippen LogP contribution in [0.15, 0.2) is 48.7 Å². The number of hydrogen-bond acceptors (Lipinski definition) is 6. The van der Waals surface area contributed by atoms with Crippen LogP contribution in [0.4, 0.5) is 11.5 Å². The Hall–Kier alpha value is -3.11. The first-order valence-electron chi connectivity index (χ1n) is 11.4. The SMILES string of the molecule is CCC(C)(C)NC1CN(C(=O)c2cc3cc(NS(C)(=O)=O)ccc3[nH]2)CCN1c1ccccn1. The van der Waals surface area contributed by atoms with Crippen molar-refractivity contribution in [1.82, 2.24) is 20.2 Å². The highest BCUT2D eigenvalue weighted by molar-refractivity contribution is 7.92. The van der Waals surface area contributed by atoms with Crippen LogP contribution < -0.4 is 14.9 Å². The van der Waals surface area contributed by atoms with Gasteiger partial charge in [-0.3, -0.25) is 14.8 Å². The number of hydrogen-bond donors (Lipinski definition) is 3. The zero-order valence-electron chi connectivity index (χ0n) is 20.0. The summed E-state index contributed by atoms with van der Waals surface area (Å²) >= 11 is 0. The van der Waals surface area contributed by atoms with Crippen LogP contribution >= 0.6 is 0 Å². The fourth-order valence-corrected chi connectivity index (χ4v) is 4.69. The fourth-order valence-electron chi connectivity index (χ4n) is 4.14. The van der Waals surface area contributed by atoms with Crippen LogP contribution in [-0.2, 0) is 10.0 Å². The highest BCUT2D eigenvalue weighted by Crippen LogP contribution is 2.24. The molecule has 3 aromatic rings. The van der Waals surface area contributed by atoms with Gasteiger partial charge in [-0.1, -0.05) is 13.0 Å². The van der Waals surface area contributed by atoms with E-state index in [0.717, 1.165) is 29.4 Å². The second kappa shape index (κ2) is 9.27. The molecule has 10 heteroatoms. The number of anilines is 2. The Morgan fingerprint density at radius 1 is 1.21 bits per heavy atom. The minimum absolute atomic E-state index is 0.0857. The summed E-state index contributed by atoms with van der Waals surface area (Å²) in [5.41, 5.74) is 1.61. The monoisotopic (exact) mass is 484 g/mol. The van der Waals surface area contributed by atoms with Crippen molar-refractivity contribution in [2.45, 2.75) is 38.9 Å². The average Bonchev–Trinajstić information content (AvgIpc) is 3.21. The molecule has 1 aliphatic heterocycles. The number of carbonyl (C=O) groups excluding carboxylic acids is 1. The molecule has 9 nitrogen and oxygen atoms in total. The number of amides is 1. The van der Waals surface area contributed by atoms with E-state index in [-0.39, 0.29) is 17.6 Å². The number of rotatable bonds is 7. The lowest BCUT2D eigenvalue weighted by atomic mass is 10.0. The van der Waals surface area contributed by atoms with Crippen molar-refractivity contribution >= 4 is 38.3 Å². The summed E-state index contributed by atoms with van der Waals surface area (Å²) < 4.78 is 25.6. The van der Waals surface area contributed by atoms with E-state index in [0.29, 0.717) is 31.0 Å².